The number of phenolic OH excluding ortho intramolecular Hbond substituents is 1. The molecule has 0 unspecified atom stereocenters. The Balaban J connectivity index is 2.67. The van der Waals surface area contributed by atoms with Crippen molar-refractivity contribution >= 4 is 28.3 Å². The summed E-state index contributed by atoms with van der Waals surface area (Å²) in [6.07, 6.45) is 1.61. The van der Waals surface area contributed by atoms with Crippen LogP contribution >= 0.6 is 11.6 Å². The van der Waals surface area contributed by atoms with Gasteiger partial charge in [-0.1, -0.05) is 0 Å². The van der Waals surface area contributed by atoms with E-state index in [2.05, 4.69) is 4.98 Å². The number of alkyl halides is 1. The molecular weight excluding hydrogens is 202 g/mol. The van der Waals surface area contributed by atoms with E-state index in [1.165, 1.54) is 0 Å². The van der Waals surface area contributed by atoms with Crippen molar-refractivity contribution in [1.29, 1.82) is 0 Å². The Kier molecular flexibility index (Phi) is 2.17. The first-order chi connectivity index (χ1) is 6.72. The number of aromatic amines is 1. The number of hydrogen-bond donors (Lipinski definition) is 2. The standard InChI is InChI=1S/C10H8ClNO2/c11-4-10(14)8-5-12-9-2-1-6(13)3-7(8)9/h1-3,5,12-13H,4H2. The van der Waals surface area contributed by atoms with Gasteiger partial charge < -0.3 is 10.1 Å². The summed E-state index contributed by atoms with van der Waals surface area (Å²) in [5.74, 6) is -0.0629. The maximum Gasteiger partial charge on any atom is 0.179 e. The van der Waals surface area contributed by atoms with Gasteiger partial charge in [0.05, 0.1) is 5.88 Å². The number of Topliss-reactive ketones (excluding diaryl/α,β-unsaturated/α-hetero) is 1. The lowest BCUT2D eigenvalue weighted by atomic mass is 10.1. The Morgan fingerprint density at radius 2 is 2.29 bits per heavy atom. The van der Waals surface area contributed by atoms with Gasteiger partial charge in [-0.15, -0.1) is 11.6 Å². The van der Waals surface area contributed by atoms with Gasteiger partial charge in [-0.25, -0.2) is 0 Å². The van der Waals surface area contributed by atoms with Gasteiger partial charge in [-0.05, 0) is 18.2 Å². The molecule has 0 saturated carbocycles. The van der Waals surface area contributed by atoms with Crippen LogP contribution in [-0.2, 0) is 0 Å². The molecule has 0 aliphatic rings. The summed E-state index contributed by atoms with van der Waals surface area (Å²) in [7, 11) is 0. The van der Waals surface area contributed by atoms with E-state index in [1.54, 1.807) is 24.4 Å². The number of fused-ring (bicyclic) bond motifs is 1. The fourth-order valence-electron chi connectivity index (χ4n) is 1.41. The first-order valence-electron chi connectivity index (χ1n) is 4.11. The molecule has 0 amide bonds. The summed E-state index contributed by atoms with van der Waals surface area (Å²) in [5, 5.41) is 9.97. The molecule has 0 fully saturated rings. The lowest BCUT2D eigenvalue weighted by Gasteiger charge is -1.95. The highest BCUT2D eigenvalue weighted by Crippen LogP contribution is 2.23. The molecule has 0 spiro atoms. The fraction of sp³-hybridized carbons (Fsp3) is 0.100. The van der Waals surface area contributed by atoms with Crippen LogP contribution < -0.4 is 0 Å². The van der Waals surface area contributed by atoms with E-state index in [9.17, 15) is 9.90 Å². The Morgan fingerprint density at radius 1 is 1.50 bits per heavy atom. The second-order valence-corrected chi connectivity index (χ2v) is 3.26. The minimum Gasteiger partial charge on any atom is -0.508 e. The highest BCUT2D eigenvalue weighted by atomic mass is 35.5. The summed E-state index contributed by atoms with van der Waals surface area (Å²) in [6.45, 7) is 0. The van der Waals surface area contributed by atoms with E-state index in [0.29, 0.717) is 10.9 Å². The van der Waals surface area contributed by atoms with Crippen LogP contribution in [0.2, 0.25) is 0 Å². The average Bonchev–Trinajstić information content (AvgIpc) is 2.59. The molecule has 0 aliphatic heterocycles. The topological polar surface area (TPSA) is 53.1 Å². The molecule has 2 N–H and O–H groups in total. The Bertz CT molecular complexity index is 490. The molecular formula is C10H8ClNO2. The molecule has 1 heterocycles. The molecule has 2 aromatic rings. The van der Waals surface area contributed by atoms with Crippen LogP contribution in [0.4, 0.5) is 0 Å². The normalized spacial score (nSPS) is 10.6. The van der Waals surface area contributed by atoms with Gasteiger partial charge in [0.25, 0.3) is 0 Å². The first-order valence-corrected chi connectivity index (χ1v) is 4.65. The second-order valence-electron chi connectivity index (χ2n) is 2.99. The minimum absolute atomic E-state index is 0.0530. The number of aromatic hydroxyl groups is 1. The van der Waals surface area contributed by atoms with Crippen LogP contribution in [0.1, 0.15) is 10.4 Å². The van der Waals surface area contributed by atoms with Crippen LogP contribution in [-0.4, -0.2) is 21.8 Å². The third-order valence-electron chi connectivity index (χ3n) is 2.09. The number of rotatable bonds is 2. The molecule has 2 rings (SSSR count). The number of carbonyl (C=O) groups excluding carboxylic acids is 1. The number of hydrogen-bond acceptors (Lipinski definition) is 2. The quantitative estimate of drug-likeness (QED) is 0.589. The predicted octanol–water partition coefficient (Wildman–Crippen LogP) is 2.29. The molecule has 0 saturated heterocycles. The molecule has 4 heteroatoms. The summed E-state index contributed by atoms with van der Waals surface area (Å²) in [5.41, 5.74) is 1.34. The lowest BCUT2D eigenvalue weighted by Crippen LogP contribution is -1.98. The van der Waals surface area contributed by atoms with Crippen molar-refractivity contribution < 1.29 is 9.90 Å². The molecule has 14 heavy (non-hydrogen) atoms. The number of halogens is 1. The number of nitrogens with one attached hydrogen (secondary N) is 1. The van der Waals surface area contributed by atoms with Crippen molar-refractivity contribution in [1.82, 2.24) is 4.98 Å². The van der Waals surface area contributed by atoms with E-state index < -0.39 is 0 Å². The van der Waals surface area contributed by atoms with Gasteiger partial charge in [0.1, 0.15) is 5.75 Å². The van der Waals surface area contributed by atoms with Crippen LogP contribution in [0.15, 0.2) is 24.4 Å². The van der Waals surface area contributed by atoms with Crippen molar-refractivity contribution in [3.05, 3.63) is 30.0 Å². The zero-order valence-electron chi connectivity index (χ0n) is 7.25. The fourth-order valence-corrected chi connectivity index (χ4v) is 1.56. The highest BCUT2D eigenvalue weighted by molar-refractivity contribution is 6.32. The van der Waals surface area contributed by atoms with E-state index >= 15 is 0 Å². The van der Waals surface area contributed by atoms with Gasteiger partial charge in [0, 0.05) is 22.7 Å². The third-order valence-corrected chi connectivity index (χ3v) is 2.33. The summed E-state index contributed by atoms with van der Waals surface area (Å²) < 4.78 is 0. The largest absolute Gasteiger partial charge is 0.508 e. The van der Waals surface area contributed by atoms with E-state index in [1.807, 2.05) is 0 Å². The molecule has 0 aliphatic carbocycles. The van der Waals surface area contributed by atoms with Crippen molar-refractivity contribution in [2.24, 2.45) is 0 Å². The van der Waals surface area contributed by atoms with Crippen molar-refractivity contribution in [3.8, 4) is 5.75 Å². The summed E-state index contributed by atoms with van der Waals surface area (Å²) in [6, 6.07) is 4.83. The minimum atomic E-state index is -0.150. The smallest absolute Gasteiger partial charge is 0.179 e. The van der Waals surface area contributed by atoms with Gasteiger partial charge in [-0.3, -0.25) is 4.79 Å². The van der Waals surface area contributed by atoms with Gasteiger partial charge in [-0.2, -0.15) is 0 Å². The monoisotopic (exact) mass is 209 g/mol. The van der Waals surface area contributed by atoms with Gasteiger partial charge >= 0.3 is 0 Å². The maximum absolute atomic E-state index is 11.4. The maximum atomic E-state index is 11.4. The van der Waals surface area contributed by atoms with E-state index in [0.717, 1.165) is 5.52 Å². The number of phenols is 1. The molecule has 1 aromatic heterocycles. The van der Waals surface area contributed by atoms with Crippen LogP contribution in [0.3, 0.4) is 0 Å². The summed E-state index contributed by atoms with van der Waals surface area (Å²) >= 11 is 5.46. The Morgan fingerprint density at radius 3 is 3.00 bits per heavy atom. The number of H-pyrrole nitrogens is 1. The van der Waals surface area contributed by atoms with E-state index in [4.69, 9.17) is 11.6 Å². The first kappa shape index (κ1) is 9.09. The molecule has 3 nitrogen and oxygen atoms in total. The van der Waals surface area contributed by atoms with Crippen LogP contribution in [0.5, 0.6) is 5.75 Å². The number of carbonyl (C=O) groups is 1. The van der Waals surface area contributed by atoms with Crippen molar-refractivity contribution in [2.75, 3.05) is 5.88 Å². The van der Waals surface area contributed by atoms with Gasteiger partial charge in [0.2, 0.25) is 0 Å². The van der Waals surface area contributed by atoms with Crippen LogP contribution in [0.25, 0.3) is 10.9 Å². The average molecular weight is 210 g/mol. The molecule has 0 atom stereocenters. The molecule has 1 aromatic carbocycles. The number of ketones is 1. The van der Waals surface area contributed by atoms with E-state index in [-0.39, 0.29) is 17.4 Å². The van der Waals surface area contributed by atoms with Crippen LogP contribution in [0, 0.1) is 0 Å². The second kappa shape index (κ2) is 3.35. The molecule has 0 radical (unpaired) electrons. The van der Waals surface area contributed by atoms with Gasteiger partial charge in [0.15, 0.2) is 5.78 Å². The Hall–Kier alpha value is -1.48. The zero-order chi connectivity index (χ0) is 10.1. The number of benzene rings is 1. The predicted molar refractivity (Wildman–Crippen MR) is 55.0 cm³/mol. The Labute approximate surface area is 85.3 Å². The zero-order valence-corrected chi connectivity index (χ0v) is 8.01. The molecule has 72 valence electrons. The number of aromatic nitrogens is 1. The van der Waals surface area contributed by atoms with Crippen molar-refractivity contribution in [2.45, 2.75) is 0 Å². The summed E-state index contributed by atoms with van der Waals surface area (Å²) in [4.78, 5) is 14.3. The highest BCUT2D eigenvalue weighted by Gasteiger charge is 2.10. The molecule has 0 bridgehead atoms. The SMILES string of the molecule is O=C(CCl)c1c[nH]c2ccc(O)cc12. The van der Waals surface area contributed by atoms with Crippen molar-refractivity contribution in [3.63, 3.8) is 0 Å². The lowest BCUT2D eigenvalue weighted by molar-refractivity contribution is 0.102. The third kappa shape index (κ3) is 1.36.